The highest BCUT2D eigenvalue weighted by Crippen LogP contribution is 2.35. The van der Waals surface area contributed by atoms with E-state index in [1.165, 1.54) is 5.56 Å². The van der Waals surface area contributed by atoms with Crippen LogP contribution in [0.5, 0.6) is 0 Å². The molecule has 1 aromatic carbocycles. The van der Waals surface area contributed by atoms with Crippen LogP contribution in [0.4, 0.5) is 0 Å². The van der Waals surface area contributed by atoms with E-state index in [0.29, 0.717) is 5.92 Å². The molecule has 1 heterocycles. The van der Waals surface area contributed by atoms with E-state index >= 15 is 0 Å². The summed E-state index contributed by atoms with van der Waals surface area (Å²) in [7, 11) is 0. The van der Waals surface area contributed by atoms with Gasteiger partial charge in [0.1, 0.15) is 0 Å². The average Bonchev–Trinajstić information content (AvgIpc) is 2.72. The van der Waals surface area contributed by atoms with Gasteiger partial charge < -0.3 is 5.32 Å². The van der Waals surface area contributed by atoms with Crippen molar-refractivity contribution < 1.29 is 0 Å². The van der Waals surface area contributed by atoms with Crippen molar-refractivity contribution in [2.24, 2.45) is 11.8 Å². The first kappa shape index (κ1) is 12.4. The molecule has 1 aliphatic rings. The Morgan fingerprint density at radius 3 is 2.82 bits per heavy atom. The molecule has 3 atom stereocenters. The molecule has 1 aliphatic heterocycles. The third kappa shape index (κ3) is 2.46. The number of benzene rings is 1. The molecular weight excluding hydrogens is 232 g/mol. The number of nitriles is 1. The molecule has 0 spiro atoms. The van der Waals surface area contributed by atoms with E-state index in [0.717, 1.165) is 11.6 Å². The standard InChI is InChI=1S/C14H17ClN2/c1-9(2)14-12(7-16)13(8-17-14)10-4-3-5-11(15)6-10/h3-6,9,12-14,17H,8H2,1-2H3. The fourth-order valence-corrected chi connectivity index (χ4v) is 2.85. The lowest BCUT2D eigenvalue weighted by Gasteiger charge is -2.20. The Morgan fingerprint density at radius 1 is 1.47 bits per heavy atom. The van der Waals surface area contributed by atoms with Crippen molar-refractivity contribution in [2.45, 2.75) is 25.8 Å². The largest absolute Gasteiger partial charge is 0.312 e. The summed E-state index contributed by atoms with van der Waals surface area (Å²) < 4.78 is 0. The third-order valence-corrected chi connectivity index (χ3v) is 3.77. The zero-order valence-electron chi connectivity index (χ0n) is 10.2. The summed E-state index contributed by atoms with van der Waals surface area (Å²) in [5.74, 6) is 0.767. The zero-order chi connectivity index (χ0) is 12.4. The normalized spacial score (nSPS) is 28.3. The van der Waals surface area contributed by atoms with E-state index in [2.05, 4.69) is 31.3 Å². The van der Waals surface area contributed by atoms with Crippen LogP contribution in [0, 0.1) is 23.2 Å². The molecule has 2 rings (SSSR count). The topological polar surface area (TPSA) is 35.8 Å². The lowest BCUT2D eigenvalue weighted by atomic mass is 9.83. The Morgan fingerprint density at radius 2 is 2.24 bits per heavy atom. The van der Waals surface area contributed by atoms with Gasteiger partial charge in [0.05, 0.1) is 12.0 Å². The van der Waals surface area contributed by atoms with E-state index in [1.54, 1.807) is 0 Å². The number of nitrogens with zero attached hydrogens (tertiary/aromatic N) is 1. The molecule has 0 aromatic heterocycles. The van der Waals surface area contributed by atoms with Gasteiger partial charge in [0.2, 0.25) is 0 Å². The molecule has 3 heteroatoms. The van der Waals surface area contributed by atoms with Crippen molar-refractivity contribution in [3.63, 3.8) is 0 Å². The van der Waals surface area contributed by atoms with Crippen LogP contribution in [-0.4, -0.2) is 12.6 Å². The molecule has 3 unspecified atom stereocenters. The number of hydrogen-bond acceptors (Lipinski definition) is 2. The minimum atomic E-state index is 0.0356. The highest BCUT2D eigenvalue weighted by Gasteiger charge is 2.38. The maximum absolute atomic E-state index is 9.36. The van der Waals surface area contributed by atoms with Crippen molar-refractivity contribution in [1.29, 1.82) is 5.26 Å². The molecule has 90 valence electrons. The number of halogens is 1. The van der Waals surface area contributed by atoms with Crippen LogP contribution in [0.15, 0.2) is 24.3 Å². The SMILES string of the molecule is CC(C)C1NCC(c2cccc(Cl)c2)C1C#N. The summed E-state index contributed by atoms with van der Waals surface area (Å²) >= 11 is 6.01. The predicted octanol–water partition coefficient (Wildman–Crippen LogP) is 3.19. The second-order valence-electron chi connectivity index (χ2n) is 4.99. The molecule has 1 N–H and O–H groups in total. The Kier molecular flexibility index (Phi) is 3.71. The lowest BCUT2D eigenvalue weighted by molar-refractivity contribution is 0.395. The second kappa shape index (κ2) is 5.08. The van der Waals surface area contributed by atoms with E-state index in [1.807, 2.05) is 18.2 Å². The molecule has 0 saturated carbocycles. The number of rotatable bonds is 2. The maximum Gasteiger partial charge on any atom is 0.0699 e. The molecule has 2 nitrogen and oxygen atoms in total. The summed E-state index contributed by atoms with van der Waals surface area (Å²) in [6.07, 6.45) is 0. The molecule has 1 fully saturated rings. The molecule has 17 heavy (non-hydrogen) atoms. The molecule has 1 saturated heterocycles. The van der Waals surface area contributed by atoms with E-state index in [4.69, 9.17) is 11.6 Å². The van der Waals surface area contributed by atoms with Crippen molar-refractivity contribution in [2.75, 3.05) is 6.54 Å². The highest BCUT2D eigenvalue weighted by molar-refractivity contribution is 6.30. The van der Waals surface area contributed by atoms with Gasteiger partial charge in [0, 0.05) is 23.5 Å². The Balaban J connectivity index is 2.26. The van der Waals surface area contributed by atoms with Gasteiger partial charge in [0.25, 0.3) is 0 Å². The first-order valence-corrected chi connectivity index (χ1v) is 6.39. The highest BCUT2D eigenvalue weighted by atomic mass is 35.5. The third-order valence-electron chi connectivity index (χ3n) is 3.54. The molecule has 0 radical (unpaired) electrons. The monoisotopic (exact) mass is 248 g/mol. The van der Waals surface area contributed by atoms with Crippen molar-refractivity contribution in [1.82, 2.24) is 5.32 Å². The summed E-state index contributed by atoms with van der Waals surface area (Å²) in [5.41, 5.74) is 1.17. The van der Waals surface area contributed by atoms with Gasteiger partial charge in [0.15, 0.2) is 0 Å². The van der Waals surface area contributed by atoms with Crippen LogP contribution >= 0.6 is 11.6 Å². The van der Waals surface area contributed by atoms with Gasteiger partial charge in [-0.05, 0) is 23.6 Å². The summed E-state index contributed by atoms with van der Waals surface area (Å²) in [4.78, 5) is 0. The predicted molar refractivity (Wildman–Crippen MR) is 69.9 cm³/mol. The van der Waals surface area contributed by atoms with Gasteiger partial charge in [-0.1, -0.05) is 37.6 Å². The average molecular weight is 249 g/mol. The minimum Gasteiger partial charge on any atom is -0.312 e. The van der Waals surface area contributed by atoms with Crippen LogP contribution in [0.1, 0.15) is 25.3 Å². The molecule has 1 aromatic rings. The Bertz CT molecular complexity index is 436. The summed E-state index contributed by atoms with van der Waals surface area (Å²) in [6, 6.07) is 10.6. The van der Waals surface area contributed by atoms with Gasteiger partial charge >= 0.3 is 0 Å². The maximum atomic E-state index is 9.36. The quantitative estimate of drug-likeness (QED) is 0.873. The summed E-state index contributed by atoms with van der Waals surface area (Å²) in [6.45, 7) is 5.17. The first-order valence-electron chi connectivity index (χ1n) is 6.02. The smallest absolute Gasteiger partial charge is 0.0699 e. The van der Waals surface area contributed by atoms with Crippen LogP contribution in [-0.2, 0) is 0 Å². The molecular formula is C14H17ClN2. The fourth-order valence-electron chi connectivity index (χ4n) is 2.65. The minimum absolute atomic E-state index is 0.0356. The van der Waals surface area contributed by atoms with E-state index < -0.39 is 0 Å². The van der Waals surface area contributed by atoms with Crippen LogP contribution in [0.2, 0.25) is 5.02 Å². The molecule has 0 aliphatic carbocycles. The summed E-state index contributed by atoms with van der Waals surface area (Å²) in [5, 5.41) is 13.6. The van der Waals surface area contributed by atoms with Gasteiger partial charge in [-0.2, -0.15) is 5.26 Å². The molecule has 0 bridgehead atoms. The van der Waals surface area contributed by atoms with E-state index in [9.17, 15) is 5.26 Å². The van der Waals surface area contributed by atoms with Crippen LogP contribution in [0.3, 0.4) is 0 Å². The van der Waals surface area contributed by atoms with Crippen molar-refractivity contribution in [3.8, 4) is 6.07 Å². The zero-order valence-corrected chi connectivity index (χ0v) is 10.9. The van der Waals surface area contributed by atoms with E-state index in [-0.39, 0.29) is 17.9 Å². The van der Waals surface area contributed by atoms with Gasteiger partial charge in [-0.15, -0.1) is 0 Å². The molecule has 0 amide bonds. The van der Waals surface area contributed by atoms with Gasteiger partial charge in [-0.25, -0.2) is 0 Å². The Hall–Kier alpha value is -1.04. The Labute approximate surface area is 108 Å². The lowest BCUT2D eigenvalue weighted by Crippen LogP contribution is -2.31. The van der Waals surface area contributed by atoms with Crippen LogP contribution in [0.25, 0.3) is 0 Å². The van der Waals surface area contributed by atoms with Gasteiger partial charge in [-0.3, -0.25) is 0 Å². The number of nitrogens with one attached hydrogen (secondary N) is 1. The fraction of sp³-hybridized carbons (Fsp3) is 0.500. The van der Waals surface area contributed by atoms with Crippen LogP contribution < -0.4 is 5.32 Å². The van der Waals surface area contributed by atoms with Crippen molar-refractivity contribution in [3.05, 3.63) is 34.9 Å². The number of hydrogen-bond donors (Lipinski definition) is 1. The second-order valence-corrected chi connectivity index (χ2v) is 5.43. The van der Waals surface area contributed by atoms with Crippen molar-refractivity contribution >= 4 is 11.6 Å². The first-order chi connectivity index (χ1) is 8.13.